The van der Waals surface area contributed by atoms with Crippen molar-refractivity contribution >= 4 is 16.7 Å². The number of rotatable bonds is 3. The molecule has 1 saturated heterocycles. The Morgan fingerprint density at radius 2 is 2.11 bits per heavy atom. The second-order valence-electron chi connectivity index (χ2n) is 8.27. The number of hydrogen-bond acceptors (Lipinski definition) is 4. The van der Waals surface area contributed by atoms with E-state index in [0.29, 0.717) is 23.8 Å². The quantitative estimate of drug-likeness (QED) is 0.738. The van der Waals surface area contributed by atoms with E-state index in [1.165, 1.54) is 11.6 Å². The largest absolute Gasteiger partial charge is 0.361 e. The summed E-state index contributed by atoms with van der Waals surface area (Å²) in [5.74, 6) is 1.53. The summed E-state index contributed by atoms with van der Waals surface area (Å²) in [6, 6.07) is 4.98. The normalized spacial score (nSPS) is 21.4. The Bertz CT molecular complexity index is 1030. The predicted molar refractivity (Wildman–Crippen MR) is 104 cm³/mol. The van der Waals surface area contributed by atoms with Gasteiger partial charge in [-0.05, 0) is 68.5 Å². The third-order valence-electron chi connectivity index (χ3n) is 6.38. The van der Waals surface area contributed by atoms with Crippen molar-refractivity contribution in [3.8, 4) is 0 Å². The zero-order chi connectivity index (χ0) is 19.3. The minimum absolute atomic E-state index is 0.172. The van der Waals surface area contributed by atoms with Crippen LogP contribution in [-0.4, -0.2) is 40.5 Å². The maximum atomic E-state index is 13.4. The molecule has 1 N–H and O–H groups in total. The van der Waals surface area contributed by atoms with Crippen LogP contribution in [0.2, 0.25) is 0 Å². The highest BCUT2D eigenvalue weighted by atomic mass is 19.1. The van der Waals surface area contributed by atoms with Crippen molar-refractivity contribution in [1.82, 2.24) is 15.0 Å². The first kappa shape index (κ1) is 17.6. The fraction of sp³-hybridized carbons (Fsp3) is 0.455. The number of carbonyl (C=O) groups is 1. The van der Waals surface area contributed by atoms with Crippen molar-refractivity contribution < 1.29 is 13.7 Å². The number of aromatic amines is 1. The molecular formula is C22H24FN3O2. The first-order valence-electron chi connectivity index (χ1n) is 10.1. The molecule has 1 fully saturated rings. The number of hydrogen-bond donors (Lipinski definition) is 1. The van der Waals surface area contributed by atoms with Crippen LogP contribution in [0, 0.1) is 18.7 Å². The number of fused-ring (bicyclic) bond motifs is 2. The molecule has 2 aliphatic rings. The molecule has 28 heavy (non-hydrogen) atoms. The predicted octanol–water partition coefficient (Wildman–Crippen LogP) is 4.23. The molecule has 3 aromatic rings. The monoisotopic (exact) mass is 381 g/mol. The van der Waals surface area contributed by atoms with Crippen LogP contribution in [0.15, 0.2) is 28.9 Å². The minimum atomic E-state index is -0.206. The summed E-state index contributed by atoms with van der Waals surface area (Å²) in [5, 5.41) is 5.09. The van der Waals surface area contributed by atoms with Gasteiger partial charge in [-0.25, -0.2) is 4.39 Å². The van der Waals surface area contributed by atoms with Crippen molar-refractivity contribution in [3.05, 3.63) is 52.8 Å². The van der Waals surface area contributed by atoms with Crippen LogP contribution in [-0.2, 0) is 6.42 Å². The molecule has 1 atom stereocenters. The summed E-state index contributed by atoms with van der Waals surface area (Å²) in [7, 11) is 0. The molecule has 0 amide bonds. The van der Waals surface area contributed by atoms with Gasteiger partial charge in [0.2, 0.25) is 0 Å². The molecule has 146 valence electrons. The summed E-state index contributed by atoms with van der Waals surface area (Å²) in [5.41, 5.74) is 3.60. The number of carbonyl (C=O) groups excluding carboxylic acids is 1. The summed E-state index contributed by atoms with van der Waals surface area (Å²) in [6.07, 6.45) is 5.59. The lowest BCUT2D eigenvalue weighted by molar-refractivity contribution is 0.0912. The molecule has 6 heteroatoms. The van der Waals surface area contributed by atoms with E-state index in [0.717, 1.165) is 61.3 Å². The number of aryl methyl sites for hydroxylation is 1. The van der Waals surface area contributed by atoms with Crippen LogP contribution >= 0.6 is 0 Å². The maximum Gasteiger partial charge on any atom is 0.168 e. The average molecular weight is 381 g/mol. The lowest BCUT2D eigenvalue weighted by Gasteiger charge is -2.34. The van der Waals surface area contributed by atoms with Gasteiger partial charge in [-0.3, -0.25) is 4.79 Å². The number of nitrogens with one attached hydrogen (secondary N) is 1. The van der Waals surface area contributed by atoms with E-state index in [-0.39, 0.29) is 11.6 Å². The van der Waals surface area contributed by atoms with E-state index in [2.05, 4.69) is 15.0 Å². The molecule has 2 aromatic heterocycles. The van der Waals surface area contributed by atoms with Crippen molar-refractivity contribution in [1.29, 1.82) is 0 Å². The van der Waals surface area contributed by atoms with Crippen LogP contribution in [0.4, 0.5) is 4.39 Å². The Labute approximate surface area is 162 Å². The Balaban J connectivity index is 1.22. The number of benzene rings is 1. The number of nitrogens with zero attached hydrogens (tertiary/aromatic N) is 2. The summed E-state index contributed by atoms with van der Waals surface area (Å²) in [4.78, 5) is 18.1. The molecule has 0 bridgehead atoms. The molecule has 1 aliphatic carbocycles. The van der Waals surface area contributed by atoms with E-state index in [4.69, 9.17) is 4.52 Å². The van der Waals surface area contributed by atoms with Gasteiger partial charge in [0.1, 0.15) is 11.6 Å². The van der Waals surface area contributed by atoms with E-state index < -0.39 is 0 Å². The fourth-order valence-electron chi connectivity index (χ4n) is 4.99. The van der Waals surface area contributed by atoms with Gasteiger partial charge in [0, 0.05) is 36.5 Å². The van der Waals surface area contributed by atoms with Crippen LogP contribution in [0.3, 0.4) is 0 Å². The first-order valence-corrected chi connectivity index (χ1v) is 10.1. The van der Waals surface area contributed by atoms with Crippen LogP contribution < -0.4 is 0 Å². The Kier molecular flexibility index (Phi) is 4.31. The van der Waals surface area contributed by atoms with Crippen LogP contribution in [0.1, 0.15) is 52.6 Å². The van der Waals surface area contributed by atoms with Crippen LogP contribution in [0.25, 0.3) is 10.9 Å². The Morgan fingerprint density at radius 1 is 1.29 bits per heavy atom. The van der Waals surface area contributed by atoms with Gasteiger partial charge in [0.15, 0.2) is 5.78 Å². The van der Waals surface area contributed by atoms with Gasteiger partial charge in [-0.1, -0.05) is 5.16 Å². The van der Waals surface area contributed by atoms with Crippen molar-refractivity contribution in [2.24, 2.45) is 5.92 Å². The molecular weight excluding hydrogens is 357 g/mol. The lowest BCUT2D eigenvalue weighted by atomic mass is 9.84. The Hall–Kier alpha value is -2.47. The number of halogens is 1. The molecule has 0 spiro atoms. The third kappa shape index (κ3) is 3.05. The smallest absolute Gasteiger partial charge is 0.168 e. The maximum absolute atomic E-state index is 13.4. The SMILES string of the molecule is Cc1noc2c1C(=O)CC(CN1CCC(c3c[nH]c4cc(F)ccc34)CC1)C2. The van der Waals surface area contributed by atoms with Crippen molar-refractivity contribution in [3.63, 3.8) is 0 Å². The number of likely N-dealkylation sites (tertiary alicyclic amines) is 1. The molecule has 1 aromatic carbocycles. The Morgan fingerprint density at radius 3 is 2.93 bits per heavy atom. The van der Waals surface area contributed by atoms with Gasteiger partial charge >= 0.3 is 0 Å². The second kappa shape index (κ2) is 6.85. The summed E-state index contributed by atoms with van der Waals surface area (Å²) < 4.78 is 18.8. The zero-order valence-corrected chi connectivity index (χ0v) is 16.0. The highest BCUT2D eigenvalue weighted by Gasteiger charge is 2.32. The van der Waals surface area contributed by atoms with Crippen LogP contribution in [0.5, 0.6) is 0 Å². The van der Waals surface area contributed by atoms with E-state index in [1.807, 2.05) is 19.2 Å². The number of ketones is 1. The topological polar surface area (TPSA) is 62.1 Å². The molecule has 0 radical (unpaired) electrons. The first-order chi connectivity index (χ1) is 13.6. The molecule has 5 rings (SSSR count). The molecule has 3 heterocycles. The van der Waals surface area contributed by atoms with E-state index in [1.54, 1.807) is 6.07 Å². The molecule has 1 unspecified atom stereocenters. The van der Waals surface area contributed by atoms with E-state index in [9.17, 15) is 9.18 Å². The highest BCUT2D eigenvalue weighted by molar-refractivity contribution is 5.99. The van der Waals surface area contributed by atoms with Crippen molar-refractivity contribution in [2.75, 3.05) is 19.6 Å². The van der Waals surface area contributed by atoms with E-state index >= 15 is 0 Å². The summed E-state index contributed by atoms with van der Waals surface area (Å²) in [6.45, 7) is 4.80. The average Bonchev–Trinajstić information content (AvgIpc) is 3.26. The fourth-order valence-corrected chi connectivity index (χ4v) is 4.99. The van der Waals surface area contributed by atoms with Gasteiger partial charge in [-0.2, -0.15) is 0 Å². The van der Waals surface area contributed by atoms with Gasteiger partial charge < -0.3 is 14.4 Å². The van der Waals surface area contributed by atoms with Gasteiger partial charge in [-0.15, -0.1) is 0 Å². The van der Waals surface area contributed by atoms with Crippen molar-refractivity contribution in [2.45, 2.75) is 38.5 Å². The highest BCUT2D eigenvalue weighted by Crippen LogP contribution is 2.34. The zero-order valence-electron chi connectivity index (χ0n) is 16.0. The second-order valence-corrected chi connectivity index (χ2v) is 8.27. The number of Topliss-reactive ketones (excluding diaryl/α,β-unsaturated/α-hetero) is 1. The summed E-state index contributed by atoms with van der Waals surface area (Å²) >= 11 is 0. The third-order valence-corrected chi connectivity index (χ3v) is 6.38. The minimum Gasteiger partial charge on any atom is -0.361 e. The number of piperidine rings is 1. The number of aromatic nitrogens is 2. The van der Waals surface area contributed by atoms with Gasteiger partial charge in [0.05, 0.1) is 11.3 Å². The molecule has 0 saturated carbocycles. The standard InChI is InChI=1S/C22H24FN3O2/c1-13-22-20(27)8-14(9-21(22)28-25-13)12-26-6-4-15(5-7-26)18-11-24-19-10-16(23)2-3-17(18)19/h2-3,10-11,14-15,24H,4-9,12H2,1H3. The molecule has 1 aliphatic heterocycles. The molecule has 5 nitrogen and oxygen atoms in total. The number of H-pyrrole nitrogens is 1. The van der Waals surface area contributed by atoms with Gasteiger partial charge in [0.25, 0.3) is 0 Å². The lowest BCUT2D eigenvalue weighted by Crippen LogP contribution is -2.38.